The van der Waals surface area contributed by atoms with Crippen molar-refractivity contribution in [2.75, 3.05) is 0 Å². The highest BCUT2D eigenvalue weighted by Gasteiger charge is 2.07. The van der Waals surface area contributed by atoms with Crippen LogP contribution < -0.4 is 0 Å². The average Bonchev–Trinajstić information content (AvgIpc) is 2.00. The molecule has 0 saturated carbocycles. The quantitative estimate of drug-likeness (QED) is 0.532. The van der Waals surface area contributed by atoms with Crippen LogP contribution in [0, 0.1) is 5.92 Å². The van der Waals surface area contributed by atoms with E-state index in [0.717, 1.165) is 5.92 Å². The molecule has 1 heteroatoms. The van der Waals surface area contributed by atoms with Gasteiger partial charge in [0.1, 0.15) is 0 Å². The summed E-state index contributed by atoms with van der Waals surface area (Å²) in [7, 11) is 0. The Labute approximate surface area is 76.3 Å². The minimum absolute atomic E-state index is 0.421. The molecule has 0 aliphatic carbocycles. The molecule has 0 rings (SSSR count). The predicted molar refractivity (Wildman–Crippen MR) is 53.2 cm³/mol. The third-order valence-electron chi connectivity index (χ3n) is 2.23. The summed E-state index contributed by atoms with van der Waals surface area (Å²) >= 11 is 6.13. The molecule has 11 heavy (non-hydrogen) atoms. The maximum absolute atomic E-state index is 6.13. The molecule has 0 aromatic heterocycles. The van der Waals surface area contributed by atoms with Crippen molar-refractivity contribution >= 4 is 11.6 Å². The number of hydrogen-bond acceptors (Lipinski definition) is 0. The first-order chi connectivity index (χ1) is 5.20. The smallest absolute Gasteiger partial charge is 0.0338 e. The molecule has 2 unspecified atom stereocenters. The highest BCUT2D eigenvalue weighted by atomic mass is 35.5. The van der Waals surface area contributed by atoms with E-state index in [2.05, 4.69) is 20.8 Å². The summed E-state index contributed by atoms with van der Waals surface area (Å²) in [6, 6.07) is 0. The van der Waals surface area contributed by atoms with Crippen molar-refractivity contribution in [1.29, 1.82) is 0 Å². The molecule has 0 aromatic rings. The third-order valence-corrected chi connectivity index (χ3v) is 2.62. The van der Waals surface area contributed by atoms with Crippen LogP contribution in [0.5, 0.6) is 0 Å². The average molecular weight is 177 g/mol. The van der Waals surface area contributed by atoms with Gasteiger partial charge >= 0.3 is 0 Å². The lowest BCUT2D eigenvalue weighted by Gasteiger charge is -2.12. The van der Waals surface area contributed by atoms with Crippen molar-refractivity contribution in [3.05, 3.63) is 0 Å². The molecule has 0 aliphatic rings. The molecule has 0 radical (unpaired) electrons. The summed E-state index contributed by atoms with van der Waals surface area (Å²) < 4.78 is 0. The second-order valence-electron chi connectivity index (χ2n) is 3.49. The molecule has 0 spiro atoms. The molecular formula is C10H21Cl. The first kappa shape index (κ1) is 11.3. The Balaban J connectivity index is 3.27. The monoisotopic (exact) mass is 176 g/mol. The molecule has 0 nitrogen and oxygen atoms in total. The van der Waals surface area contributed by atoms with Gasteiger partial charge in [-0.3, -0.25) is 0 Å². The Morgan fingerprint density at radius 2 is 1.91 bits per heavy atom. The Morgan fingerprint density at radius 1 is 1.27 bits per heavy atom. The molecule has 0 saturated heterocycles. The van der Waals surface area contributed by atoms with Crippen LogP contribution in [0.4, 0.5) is 0 Å². The van der Waals surface area contributed by atoms with Gasteiger partial charge < -0.3 is 0 Å². The summed E-state index contributed by atoms with van der Waals surface area (Å²) in [5, 5.41) is 0.421. The van der Waals surface area contributed by atoms with E-state index < -0.39 is 0 Å². The van der Waals surface area contributed by atoms with E-state index in [4.69, 9.17) is 11.6 Å². The van der Waals surface area contributed by atoms with E-state index in [-0.39, 0.29) is 0 Å². The molecule has 0 N–H and O–H groups in total. The third kappa shape index (κ3) is 6.68. The lowest BCUT2D eigenvalue weighted by atomic mass is 10.00. The van der Waals surface area contributed by atoms with Gasteiger partial charge in [-0.1, -0.05) is 40.0 Å². The van der Waals surface area contributed by atoms with Gasteiger partial charge in [0.25, 0.3) is 0 Å². The topological polar surface area (TPSA) is 0 Å². The van der Waals surface area contributed by atoms with Crippen LogP contribution in [-0.4, -0.2) is 5.38 Å². The largest absolute Gasteiger partial charge is 0.123 e. The SMILES string of the molecule is CCCCC(Cl)CC(C)CC. The Morgan fingerprint density at radius 3 is 2.36 bits per heavy atom. The predicted octanol–water partition coefficient (Wildman–Crippen LogP) is 4.22. The zero-order chi connectivity index (χ0) is 8.69. The maximum atomic E-state index is 6.13. The van der Waals surface area contributed by atoms with Crippen molar-refractivity contribution in [2.24, 2.45) is 5.92 Å². The van der Waals surface area contributed by atoms with Crippen molar-refractivity contribution in [1.82, 2.24) is 0 Å². The summed E-state index contributed by atoms with van der Waals surface area (Å²) in [5.74, 6) is 0.800. The first-order valence-electron chi connectivity index (χ1n) is 4.84. The van der Waals surface area contributed by atoms with Gasteiger partial charge in [0, 0.05) is 5.38 Å². The molecule has 0 amide bonds. The lowest BCUT2D eigenvalue weighted by molar-refractivity contribution is 0.482. The standard InChI is InChI=1S/C10H21Cl/c1-4-6-7-10(11)8-9(3)5-2/h9-10H,4-8H2,1-3H3. The van der Waals surface area contributed by atoms with Gasteiger partial charge in [-0.25, -0.2) is 0 Å². The summed E-state index contributed by atoms with van der Waals surface area (Å²) in [4.78, 5) is 0. The van der Waals surface area contributed by atoms with E-state index in [0.29, 0.717) is 5.38 Å². The molecule has 0 aliphatic heterocycles. The van der Waals surface area contributed by atoms with Crippen molar-refractivity contribution < 1.29 is 0 Å². The molecular weight excluding hydrogens is 156 g/mol. The van der Waals surface area contributed by atoms with Gasteiger partial charge in [-0.2, -0.15) is 0 Å². The molecule has 0 bridgehead atoms. The number of alkyl halides is 1. The zero-order valence-corrected chi connectivity index (χ0v) is 8.82. The first-order valence-corrected chi connectivity index (χ1v) is 5.28. The van der Waals surface area contributed by atoms with Gasteiger partial charge in [0.2, 0.25) is 0 Å². The summed E-state index contributed by atoms with van der Waals surface area (Å²) in [5.41, 5.74) is 0. The van der Waals surface area contributed by atoms with Gasteiger partial charge in [-0.15, -0.1) is 11.6 Å². The van der Waals surface area contributed by atoms with E-state index in [1.165, 1.54) is 32.1 Å². The normalized spacial score (nSPS) is 16.4. The van der Waals surface area contributed by atoms with Gasteiger partial charge in [-0.05, 0) is 18.8 Å². The van der Waals surface area contributed by atoms with Crippen LogP contribution in [0.3, 0.4) is 0 Å². The van der Waals surface area contributed by atoms with Gasteiger partial charge in [0.15, 0.2) is 0 Å². The molecule has 68 valence electrons. The van der Waals surface area contributed by atoms with E-state index in [9.17, 15) is 0 Å². The molecule has 2 atom stereocenters. The Hall–Kier alpha value is 0.290. The minimum Gasteiger partial charge on any atom is -0.123 e. The van der Waals surface area contributed by atoms with Crippen LogP contribution in [0.25, 0.3) is 0 Å². The Kier molecular flexibility index (Phi) is 7.15. The van der Waals surface area contributed by atoms with Crippen LogP contribution >= 0.6 is 11.6 Å². The fraction of sp³-hybridized carbons (Fsp3) is 1.00. The fourth-order valence-electron chi connectivity index (χ4n) is 1.15. The summed E-state index contributed by atoms with van der Waals surface area (Å²) in [6.07, 6.45) is 6.20. The number of hydrogen-bond donors (Lipinski definition) is 0. The highest BCUT2D eigenvalue weighted by molar-refractivity contribution is 6.20. The second-order valence-corrected chi connectivity index (χ2v) is 4.11. The van der Waals surface area contributed by atoms with Crippen LogP contribution in [-0.2, 0) is 0 Å². The summed E-state index contributed by atoms with van der Waals surface area (Å²) in [6.45, 7) is 6.72. The second kappa shape index (κ2) is 6.97. The van der Waals surface area contributed by atoms with Gasteiger partial charge in [0.05, 0.1) is 0 Å². The van der Waals surface area contributed by atoms with Crippen LogP contribution in [0.15, 0.2) is 0 Å². The van der Waals surface area contributed by atoms with Crippen LogP contribution in [0.1, 0.15) is 52.9 Å². The molecule has 0 fully saturated rings. The van der Waals surface area contributed by atoms with Crippen LogP contribution in [0.2, 0.25) is 0 Å². The van der Waals surface area contributed by atoms with Crippen molar-refractivity contribution in [3.8, 4) is 0 Å². The van der Waals surface area contributed by atoms with Crippen molar-refractivity contribution in [2.45, 2.75) is 58.3 Å². The molecule has 0 heterocycles. The minimum atomic E-state index is 0.421. The number of unbranched alkanes of at least 4 members (excludes halogenated alkanes) is 1. The lowest BCUT2D eigenvalue weighted by Crippen LogP contribution is -2.04. The van der Waals surface area contributed by atoms with E-state index >= 15 is 0 Å². The highest BCUT2D eigenvalue weighted by Crippen LogP contribution is 2.18. The van der Waals surface area contributed by atoms with E-state index in [1.807, 2.05) is 0 Å². The fourth-order valence-corrected chi connectivity index (χ4v) is 1.61. The maximum Gasteiger partial charge on any atom is 0.0338 e. The van der Waals surface area contributed by atoms with Crippen molar-refractivity contribution in [3.63, 3.8) is 0 Å². The number of halogens is 1. The zero-order valence-electron chi connectivity index (χ0n) is 8.07. The molecule has 0 aromatic carbocycles. The van der Waals surface area contributed by atoms with E-state index in [1.54, 1.807) is 0 Å². The Bertz CT molecular complexity index is 80.9. The number of rotatable bonds is 6.